The quantitative estimate of drug-likeness (QED) is 0.493. The van der Waals surface area contributed by atoms with Crippen molar-refractivity contribution in [2.45, 2.75) is 9.79 Å². The Labute approximate surface area is 171 Å². The first-order valence-corrected chi connectivity index (χ1v) is 10.2. The molecule has 8 heteroatoms. The van der Waals surface area contributed by atoms with Gasteiger partial charge in [-0.25, -0.2) is 17.2 Å². The smallest absolute Gasteiger partial charge is 0.208 e. The van der Waals surface area contributed by atoms with Gasteiger partial charge in [0, 0.05) is 17.1 Å². The summed E-state index contributed by atoms with van der Waals surface area (Å²) in [4.78, 5) is 3.54. The highest BCUT2D eigenvalue weighted by atomic mass is 32.2. The fourth-order valence-electron chi connectivity index (χ4n) is 3.28. The molecule has 5 nitrogen and oxygen atoms in total. The zero-order chi connectivity index (χ0) is 21.5. The second-order valence-corrected chi connectivity index (χ2v) is 8.46. The molecule has 0 radical (unpaired) electrons. The number of aromatic nitrogens is 1. The van der Waals surface area contributed by atoms with Crippen molar-refractivity contribution >= 4 is 26.4 Å². The lowest BCUT2D eigenvalue weighted by Crippen LogP contribution is -2.07. The molecule has 30 heavy (non-hydrogen) atoms. The maximum absolute atomic E-state index is 14.0. The molecule has 0 aliphatic carbocycles. The number of halogens is 2. The van der Waals surface area contributed by atoms with Gasteiger partial charge in [0.05, 0.1) is 32.6 Å². The largest absolute Gasteiger partial charge is 0.397 e. The van der Waals surface area contributed by atoms with E-state index in [1.54, 1.807) is 30.3 Å². The van der Waals surface area contributed by atoms with Crippen molar-refractivity contribution in [2.75, 3.05) is 5.73 Å². The van der Waals surface area contributed by atoms with Gasteiger partial charge in [0.25, 0.3) is 0 Å². The van der Waals surface area contributed by atoms with Crippen molar-refractivity contribution in [3.05, 3.63) is 84.1 Å². The maximum Gasteiger partial charge on any atom is 0.208 e. The molecule has 0 saturated heterocycles. The number of nitriles is 1. The second kappa shape index (κ2) is 7.21. The third-order valence-electron chi connectivity index (χ3n) is 4.61. The third kappa shape index (κ3) is 3.25. The molecule has 0 amide bonds. The summed E-state index contributed by atoms with van der Waals surface area (Å²) in [6.07, 6.45) is 1.12. The number of rotatable bonds is 3. The lowest BCUT2D eigenvalue weighted by atomic mass is 10.0. The van der Waals surface area contributed by atoms with Crippen LogP contribution in [-0.2, 0) is 9.84 Å². The lowest BCUT2D eigenvalue weighted by Gasteiger charge is -2.15. The van der Waals surface area contributed by atoms with E-state index >= 15 is 0 Å². The zero-order valence-electron chi connectivity index (χ0n) is 15.3. The number of pyridine rings is 1. The molecule has 0 saturated carbocycles. The molecule has 0 fully saturated rings. The fourth-order valence-corrected chi connectivity index (χ4v) is 4.77. The molecule has 1 heterocycles. The average Bonchev–Trinajstić information content (AvgIpc) is 2.72. The number of benzene rings is 3. The van der Waals surface area contributed by atoms with Gasteiger partial charge in [-0.2, -0.15) is 5.26 Å². The Balaban J connectivity index is 2.11. The number of para-hydroxylation sites is 1. The van der Waals surface area contributed by atoms with Crippen LogP contribution in [0.4, 0.5) is 14.5 Å². The minimum absolute atomic E-state index is 0.140. The summed E-state index contributed by atoms with van der Waals surface area (Å²) in [5.41, 5.74) is 7.01. The number of nitrogens with two attached hydrogens (primary N) is 1. The predicted octanol–water partition coefficient (Wildman–Crippen LogP) is 4.47. The number of anilines is 1. The molecule has 4 aromatic rings. The molecule has 4 rings (SSSR count). The van der Waals surface area contributed by atoms with Crippen LogP contribution < -0.4 is 5.73 Å². The fraction of sp³-hybridized carbons (Fsp3) is 0. The molecule has 2 N–H and O–H groups in total. The van der Waals surface area contributed by atoms with E-state index in [0.717, 1.165) is 24.4 Å². The first-order valence-electron chi connectivity index (χ1n) is 8.70. The van der Waals surface area contributed by atoms with Crippen molar-refractivity contribution in [3.63, 3.8) is 0 Å². The number of hydrogen-bond donors (Lipinski definition) is 1. The molecule has 1 aromatic heterocycles. The topological polar surface area (TPSA) is 96.8 Å². The van der Waals surface area contributed by atoms with Crippen LogP contribution in [-0.4, -0.2) is 13.4 Å². The highest BCUT2D eigenvalue weighted by Crippen LogP contribution is 2.38. The molecule has 0 aliphatic heterocycles. The average molecular weight is 421 g/mol. The van der Waals surface area contributed by atoms with Gasteiger partial charge >= 0.3 is 0 Å². The normalized spacial score (nSPS) is 11.4. The summed E-state index contributed by atoms with van der Waals surface area (Å²) in [6, 6.07) is 14.9. The van der Waals surface area contributed by atoms with Gasteiger partial charge in [-0.15, -0.1) is 0 Å². The second-order valence-electron chi connectivity index (χ2n) is 6.54. The van der Waals surface area contributed by atoms with Crippen molar-refractivity contribution in [2.24, 2.45) is 0 Å². The minimum Gasteiger partial charge on any atom is -0.397 e. The van der Waals surface area contributed by atoms with Gasteiger partial charge in [-0.05, 0) is 42.0 Å². The first-order chi connectivity index (χ1) is 14.3. The van der Waals surface area contributed by atoms with E-state index in [0.29, 0.717) is 22.2 Å². The van der Waals surface area contributed by atoms with Crippen LogP contribution in [0.5, 0.6) is 0 Å². The van der Waals surface area contributed by atoms with Gasteiger partial charge < -0.3 is 5.73 Å². The standard InChI is InChI=1S/C22H13F2N3O2S/c23-15-4-1-3-14(9-15)21-18-5-2-6-19(26)22(18)27-12-20(21)30(28,29)17-8-13(11-25)7-16(24)10-17/h1-10,12H,26H2. The van der Waals surface area contributed by atoms with Gasteiger partial charge in [0.15, 0.2) is 0 Å². The van der Waals surface area contributed by atoms with Crippen molar-refractivity contribution < 1.29 is 17.2 Å². The Morgan fingerprint density at radius 3 is 2.47 bits per heavy atom. The Morgan fingerprint density at radius 1 is 0.967 bits per heavy atom. The van der Waals surface area contributed by atoms with E-state index in [1.807, 2.05) is 0 Å². The number of nitrogens with zero attached hydrogens (tertiary/aromatic N) is 2. The zero-order valence-corrected chi connectivity index (χ0v) is 16.1. The van der Waals surface area contributed by atoms with Crippen LogP contribution in [0, 0.1) is 23.0 Å². The number of nitrogen functional groups attached to an aromatic ring is 1. The van der Waals surface area contributed by atoms with Crippen LogP contribution in [0.15, 0.2) is 76.7 Å². The molecule has 0 atom stereocenters. The molecule has 3 aromatic carbocycles. The van der Waals surface area contributed by atoms with E-state index in [9.17, 15) is 17.2 Å². The molecule has 0 aliphatic rings. The molecular weight excluding hydrogens is 408 g/mol. The van der Waals surface area contributed by atoms with Crippen LogP contribution in [0.2, 0.25) is 0 Å². The monoisotopic (exact) mass is 421 g/mol. The van der Waals surface area contributed by atoms with Crippen molar-refractivity contribution in [3.8, 4) is 17.2 Å². The summed E-state index contributed by atoms with van der Waals surface area (Å²) in [6.45, 7) is 0. The number of fused-ring (bicyclic) bond motifs is 1. The van der Waals surface area contributed by atoms with Crippen LogP contribution >= 0.6 is 0 Å². The summed E-state index contributed by atoms with van der Waals surface area (Å²) >= 11 is 0. The molecular formula is C22H13F2N3O2S. The Kier molecular flexibility index (Phi) is 4.68. The van der Waals surface area contributed by atoms with Crippen LogP contribution in [0.3, 0.4) is 0 Å². The molecule has 0 spiro atoms. The Morgan fingerprint density at radius 2 is 1.73 bits per heavy atom. The SMILES string of the molecule is N#Cc1cc(F)cc(S(=O)(=O)c2cnc3c(N)cccc3c2-c2cccc(F)c2)c1. The van der Waals surface area contributed by atoms with Crippen LogP contribution in [0.1, 0.15) is 5.56 Å². The highest BCUT2D eigenvalue weighted by molar-refractivity contribution is 7.91. The summed E-state index contributed by atoms with van der Waals surface area (Å²) in [7, 11) is -4.31. The van der Waals surface area contributed by atoms with Crippen molar-refractivity contribution in [1.82, 2.24) is 4.98 Å². The van der Waals surface area contributed by atoms with Crippen molar-refractivity contribution in [1.29, 1.82) is 5.26 Å². The Hall–Kier alpha value is -3.83. The maximum atomic E-state index is 14.0. The third-order valence-corrected chi connectivity index (χ3v) is 6.35. The van der Waals surface area contributed by atoms with E-state index in [4.69, 9.17) is 11.0 Å². The van der Waals surface area contributed by atoms with E-state index < -0.39 is 26.4 Å². The molecule has 148 valence electrons. The Bertz CT molecular complexity index is 1460. The van der Waals surface area contributed by atoms with Gasteiger partial charge in [-0.1, -0.05) is 24.3 Å². The predicted molar refractivity (Wildman–Crippen MR) is 108 cm³/mol. The first kappa shape index (κ1) is 19.5. The van der Waals surface area contributed by atoms with E-state index in [2.05, 4.69) is 4.98 Å². The number of sulfone groups is 1. The summed E-state index contributed by atoms with van der Waals surface area (Å²) < 4.78 is 54.7. The van der Waals surface area contributed by atoms with E-state index in [-0.39, 0.29) is 16.0 Å². The van der Waals surface area contributed by atoms with Crippen LogP contribution in [0.25, 0.3) is 22.0 Å². The van der Waals surface area contributed by atoms with E-state index in [1.165, 1.54) is 18.2 Å². The number of hydrogen-bond acceptors (Lipinski definition) is 5. The van der Waals surface area contributed by atoms with Gasteiger partial charge in [0.2, 0.25) is 9.84 Å². The highest BCUT2D eigenvalue weighted by Gasteiger charge is 2.26. The summed E-state index contributed by atoms with van der Waals surface area (Å²) in [5.74, 6) is -1.42. The van der Waals surface area contributed by atoms with Gasteiger partial charge in [-0.3, -0.25) is 4.98 Å². The minimum atomic E-state index is -4.31. The lowest BCUT2D eigenvalue weighted by molar-refractivity contribution is 0.590. The molecule has 0 unspecified atom stereocenters. The molecule has 0 bridgehead atoms. The summed E-state index contributed by atoms with van der Waals surface area (Å²) in [5, 5.41) is 9.48. The van der Waals surface area contributed by atoms with Gasteiger partial charge in [0.1, 0.15) is 11.6 Å².